The second-order valence-corrected chi connectivity index (χ2v) is 27.0. The summed E-state index contributed by atoms with van der Waals surface area (Å²) in [5.41, 5.74) is -0.0840. The molecule has 2 fully saturated rings. The molecule has 2 aliphatic rings. The van der Waals surface area contributed by atoms with Crippen molar-refractivity contribution in [3.8, 4) is 0 Å². The third-order valence-corrected chi connectivity index (χ3v) is 19.8. The summed E-state index contributed by atoms with van der Waals surface area (Å²) < 4.78 is 41.0. The molecule has 0 aromatic heterocycles. The van der Waals surface area contributed by atoms with E-state index < -0.39 is 64.9 Å². The normalized spacial score (nSPS) is 22.1. The predicted molar refractivity (Wildman–Crippen MR) is 244 cm³/mol. The van der Waals surface area contributed by atoms with Crippen LogP contribution in [-0.4, -0.2) is 110 Å². The lowest BCUT2D eigenvalue weighted by Crippen LogP contribution is -2.63. The van der Waals surface area contributed by atoms with E-state index in [1.165, 1.54) is 11.8 Å². The number of hydrogen-bond acceptors (Lipinski definition) is 8. The molecular weight excluding hydrogens is 809 g/mol. The first-order valence-electron chi connectivity index (χ1n) is 22.2. The van der Waals surface area contributed by atoms with Gasteiger partial charge in [-0.25, -0.2) is 13.2 Å². The van der Waals surface area contributed by atoms with Crippen molar-refractivity contribution in [1.29, 1.82) is 0 Å². The topological polar surface area (TPSA) is 151 Å². The van der Waals surface area contributed by atoms with Gasteiger partial charge in [0, 0.05) is 20.0 Å². The van der Waals surface area contributed by atoms with Gasteiger partial charge in [-0.3, -0.25) is 14.4 Å². The van der Waals surface area contributed by atoms with Crippen molar-refractivity contribution in [2.75, 3.05) is 18.8 Å². The lowest BCUT2D eigenvalue weighted by Gasteiger charge is -2.45. The minimum absolute atomic E-state index is 0.0198. The van der Waals surface area contributed by atoms with Gasteiger partial charge in [-0.2, -0.15) is 0 Å². The molecule has 4 rings (SSSR count). The minimum Gasteiger partial charge on any atom is -0.444 e. The Morgan fingerprint density at radius 2 is 1.54 bits per heavy atom. The molecule has 0 radical (unpaired) electrons. The standard InChI is InChI=1S/C47H74N4O8SSi/c1-13-29-60(56,57)37-31-40(51(32-37)44(55)58-45(5,6)7)41(59-61(11,12)46(8,9)10)38(30-36-23-19-16-20-24-36)48-42(53)39(26-25-35-21-17-15-18-22-35)50-28-27-47(43(50)54,33(3)14-2)49-34(4)52/h15-24,33,37-41H,13-14,25-32H2,1-12H3,(H,48,53)(H,49,52)/t33-,37?,38+,39+,40?,41+,47+/m1/s1. The average Bonchev–Trinajstić information content (AvgIpc) is 3.76. The molecule has 2 aromatic carbocycles. The smallest absolute Gasteiger partial charge is 0.410 e. The number of likely N-dealkylation sites (tertiary alicyclic amines) is 2. The van der Waals surface area contributed by atoms with Crippen LogP contribution in [0, 0.1) is 5.92 Å². The van der Waals surface area contributed by atoms with E-state index in [0.717, 1.165) is 11.1 Å². The summed E-state index contributed by atoms with van der Waals surface area (Å²) in [4.78, 5) is 60.1. The Labute approximate surface area is 367 Å². The number of rotatable bonds is 18. The van der Waals surface area contributed by atoms with Crippen molar-refractivity contribution in [3.05, 3.63) is 71.8 Å². The third kappa shape index (κ3) is 12.5. The second-order valence-electron chi connectivity index (χ2n) is 19.8. The Balaban J connectivity index is 1.89. The van der Waals surface area contributed by atoms with E-state index in [0.29, 0.717) is 38.5 Å². The molecule has 7 atom stereocenters. The number of benzene rings is 2. The maximum Gasteiger partial charge on any atom is 0.410 e. The van der Waals surface area contributed by atoms with Gasteiger partial charge in [-0.05, 0) is 94.5 Å². The van der Waals surface area contributed by atoms with Gasteiger partial charge in [0.2, 0.25) is 17.7 Å². The summed E-state index contributed by atoms with van der Waals surface area (Å²) in [7, 11) is -6.33. The Morgan fingerprint density at radius 3 is 2.07 bits per heavy atom. The number of ether oxygens (including phenoxy) is 1. The van der Waals surface area contributed by atoms with Gasteiger partial charge in [0.1, 0.15) is 17.2 Å². The number of sulfone groups is 1. The molecule has 2 heterocycles. The average molecular weight is 883 g/mol. The Kier molecular flexibility index (Phi) is 16.5. The fraction of sp³-hybridized carbons (Fsp3) is 0.660. The van der Waals surface area contributed by atoms with Gasteiger partial charge < -0.3 is 29.6 Å². The molecular formula is C47H74N4O8SSi. The molecule has 2 N–H and O–H groups in total. The number of carbonyl (C=O) groups excluding carboxylic acids is 4. The van der Waals surface area contributed by atoms with E-state index in [-0.39, 0.29) is 53.9 Å². The zero-order chi connectivity index (χ0) is 45.6. The van der Waals surface area contributed by atoms with Crippen molar-refractivity contribution in [2.45, 2.75) is 173 Å². The fourth-order valence-electron chi connectivity index (χ4n) is 8.52. The Morgan fingerprint density at radius 1 is 0.951 bits per heavy atom. The Hall–Kier alpha value is -3.75. The van der Waals surface area contributed by atoms with E-state index in [1.54, 1.807) is 25.7 Å². The monoisotopic (exact) mass is 882 g/mol. The van der Waals surface area contributed by atoms with Crippen molar-refractivity contribution in [1.82, 2.24) is 20.4 Å². The first-order chi connectivity index (χ1) is 28.4. The predicted octanol–water partition coefficient (Wildman–Crippen LogP) is 7.46. The molecule has 12 nitrogen and oxygen atoms in total. The summed E-state index contributed by atoms with van der Waals surface area (Å²) in [6.45, 7) is 23.3. The van der Waals surface area contributed by atoms with Crippen LogP contribution >= 0.6 is 0 Å². The first-order valence-corrected chi connectivity index (χ1v) is 26.8. The Bertz CT molecular complexity index is 1920. The maximum absolute atomic E-state index is 15.3. The lowest BCUT2D eigenvalue weighted by atomic mass is 9.81. The number of nitrogens with zero attached hydrogens (tertiary/aromatic N) is 2. The zero-order valence-electron chi connectivity index (χ0n) is 38.9. The van der Waals surface area contributed by atoms with Crippen molar-refractivity contribution < 1.29 is 36.8 Å². The number of nitrogens with one attached hydrogen (secondary N) is 2. The SMILES string of the molecule is CCCS(=O)(=O)C1CC([C@@H](O[Si](C)(C)C(C)(C)C)[C@H](Cc2ccccc2)NC(=O)[C@H](CCc2ccccc2)N2CC[C@](NC(C)=O)([C@H](C)CC)C2=O)N(C(=O)OC(C)(C)C)C1. The van der Waals surface area contributed by atoms with Crippen molar-refractivity contribution in [2.24, 2.45) is 5.92 Å². The van der Waals surface area contributed by atoms with Crippen LogP contribution in [0.15, 0.2) is 60.7 Å². The van der Waals surface area contributed by atoms with Crippen LogP contribution < -0.4 is 10.6 Å². The first kappa shape index (κ1) is 49.9. The van der Waals surface area contributed by atoms with E-state index in [2.05, 4.69) is 44.5 Å². The highest BCUT2D eigenvalue weighted by molar-refractivity contribution is 7.92. The molecule has 14 heteroatoms. The minimum atomic E-state index is -3.61. The number of hydrogen-bond donors (Lipinski definition) is 2. The van der Waals surface area contributed by atoms with Crippen LogP contribution in [0.3, 0.4) is 0 Å². The molecule has 0 spiro atoms. The maximum atomic E-state index is 15.3. The van der Waals surface area contributed by atoms with Gasteiger partial charge in [0.25, 0.3) is 0 Å². The van der Waals surface area contributed by atoms with Crippen LogP contribution in [0.1, 0.15) is 112 Å². The molecule has 0 aliphatic carbocycles. The highest BCUT2D eigenvalue weighted by Gasteiger charge is 2.55. The van der Waals surface area contributed by atoms with E-state index in [4.69, 9.17) is 9.16 Å². The molecule has 0 bridgehead atoms. The molecule has 0 saturated carbocycles. The van der Waals surface area contributed by atoms with Crippen LogP contribution in [0.5, 0.6) is 0 Å². The summed E-state index contributed by atoms with van der Waals surface area (Å²) >= 11 is 0. The van der Waals surface area contributed by atoms with Crippen molar-refractivity contribution >= 4 is 42.0 Å². The van der Waals surface area contributed by atoms with E-state index in [9.17, 15) is 22.8 Å². The molecule has 2 aromatic rings. The fourth-order valence-corrected chi connectivity index (χ4v) is 11.7. The summed E-state index contributed by atoms with van der Waals surface area (Å²) in [6.07, 6.45) is 1.19. The number of carbonyl (C=O) groups is 4. The van der Waals surface area contributed by atoms with E-state index >= 15 is 4.79 Å². The quantitative estimate of drug-likeness (QED) is 0.147. The largest absolute Gasteiger partial charge is 0.444 e. The van der Waals surface area contributed by atoms with Gasteiger partial charge in [-0.1, -0.05) is 109 Å². The van der Waals surface area contributed by atoms with E-state index in [1.807, 2.05) is 81.4 Å². The number of amides is 4. The number of aryl methyl sites for hydroxylation is 1. The molecule has 61 heavy (non-hydrogen) atoms. The third-order valence-electron chi connectivity index (χ3n) is 13.0. The van der Waals surface area contributed by atoms with Crippen LogP contribution in [-0.2, 0) is 46.2 Å². The van der Waals surface area contributed by atoms with Crippen LogP contribution in [0.25, 0.3) is 0 Å². The van der Waals surface area contributed by atoms with Crippen molar-refractivity contribution in [3.63, 3.8) is 0 Å². The highest BCUT2D eigenvalue weighted by atomic mass is 32.2. The summed E-state index contributed by atoms with van der Waals surface area (Å²) in [5, 5.41) is 5.25. The van der Waals surface area contributed by atoms with Gasteiger partial charge in [-0.15, -0.1) is 0 Å². The highest BCUT2D eigenvalue weighted by Crippen LogP contribution is 2.41. The summed E-state index contributed by atoms with van der Waals surface area (Å²) in [5.74, 6) is -1.17. The molecule has 4 amide bonds. The summed E-state index contributed by atoms with van der Waals surface area (Å²) in [6, 6.07) is 17.1. The lowest BCUT2D eigenvalue weighted by molar-refractivity contribution is -0.144. The molecule has 2 saturated heterocycles. The zero-order valence-corrected chi connectivity index (χ0v) is 40.7. The van der Waals surface area contributed by atoms with Gasteiger partial charge >= 0.3 is 6.09 Å². The van der Waals surface area contributed by atoms with Crippen LogP contribution in [0.4, 0.5) is 4.79 Å². The molecule has 2 unspecified atom stereocenters. The molecule has 2 aliphatic heterocycles. The second kappa shape index (κ2) is 20.2. The molecule has 340 valence electrons. The van der Waals surface area contributed by atoms with Crippen LogP contribution in [0.2, 0.25) is 18.1 Å². The van der Waals surface area contributed by atoms with Gasteiger partial charge in [0.05, 0.1) is 29.2 Å². The van der Waals surface area contributed by atoms with Gasteiger partial charge in [0.15, 0.2) is 18.2 Å².